The minimum atomic E-state index is 0.922. The second-order valence-electron chi connectivity index (χ2n) is 7.49. The summed E-state index contributed by atoms with van der Waals surface area (Å²) in [4.78, 5) is 4.70. The molecule has 0 radical (unpaired) electrons. The summed E-state index contributed by atoms with van der Waals surface area (Å²) in [5, 5.41) is 19.7. The number of thioether (sulfide) groups is 2. The molecule has 10 heteroatoms. The molecule has 158 valence electrons. The molecule has 1 aromatic carbocycles. The summed E-state index contributed by atoms with van der Waals surface area (Å²) in [5.74, 6) is 1.84. The van der Waals surface area contributed by atoms with E-state index in [1.165, 1.54) is 36.8 Å². The lowest BCUT2D eigenvalue weighted by Gasteiger charge is -2.10. The van der Waals surface area contributed by atoms with Gasteiger partial charge in [0.15, 0.2) is 8.68 Å². The molecule has 0 atom stereocenters. The first kappa shape index (κ1) is 20.5. The molecule has 0 aliphatic carbocycles. The third kappa shape index (κ3) is 5.09. The number of hydrogen-bond donors (Lipinski definition) is 0. The Morgan fingerprint density at radius 3 is 1.63 bits per heavy atom. The predicted molar refractivity (Wildman–Crippen MR) is 128 cm³/mol. The van der Waals surface area contributed by atoms with Crippen molar-refractivity contribution in [2.24, 2.45) is 0 Å². The molecule has 0 bridgehead atoms. The van der Waals surface area contributed by atoms with Crippen molar-refractivity contribution in [2.45, 2.75) is 45.9 Å². The van der Waals surface area contributed by atoms with Crippen LogP contribution in [0.5, 0.6) is 0 Å². The van der Waals surface area contributed by atoms with Gasteiger partial charge >= 0.3 is 0 Å². The average Bonchev–Trinajstić information content (AvgIpc) is 3.57. The maximum atomic E-state index is 4.38. The summed E-state index contributed by atoms with van der Waals surface area (Å²) in [7, 11) is 0. The fourth-order valence-corrected chi connectivity index (χ4v) is 7.36. The van der Waals surface area contributed by atoms with Crippen molar-refractivity contribution in [3.63, 3.8) is 0 Å². The summed E-state index contributed by atoms with van der Waals surface area (Å²) in [5.41, 5.74) is 2.65. The molecule has 2 aromatic heterocycles. The zero-order chi connectivity index (χ0) is 20.2. The van der Waals surface area contributed by atoms with Crippen LogP contribution in [0.4, 0.5) is 10.3 Å². The van der Waals surface area contributed by atoms with E-state index >= 15 is 0 Å². The molecule has 0 amide bonds. The van der Waals surface area contributed by atoms with E-state index in [0.29, 0.717) is 0 Å². The van der Waals surface area contributed by atoms with Crippen molar-refractivity contribution in [3.05, 3.63) is 35.4 Å². The maximum Gasteiger partial charge on any atom is 0.209 e. The maximum absolute atomic E-state index is 4.38. The van der Waals surface area contributed by atoms with Gasteiger partial charge in [0, 0.05) is 37.7 Å². The first-order valence-electron chi connectivity index (χ1n) is 10.3. The van der Waals surface area contributed by atoms with Crippen molar-refractivity contribution in [1.29, 1.82) is 0 Å². The van der Waals surface area contributed by atoms with Gasteiger partial charge in [0.1, 0.15) is 0 Å². The topological polar surface area (TPSA) is 58.0 Å². The first-order chi connectivity index (χ1) is 14.8. The van der Waals surface area contributed by atoms with Crippen LogP contribution >= 0.6 is 46.2 Å². The molecule has 30 heavy (non-hydrogen) atoms. The van der Waals surface area contributed by atoms with Gasteiger partial charge < -0.3 is 9.80 Å². The third-order valence-electron chi connectivity index (χ3n) is 5.26. The van der Waals surface area contributed by atoms with E-state index in [0.717, 1.165) is 56.6 Å². The second-order valence-corrected chi connectivity index (χ2v) is 11.8. The van der Waals surface area contributed by atoms with Gasteiger partial charge in [0.25, 0.3) is 0 Å². The zero-order valence-electron chi connectivity index (χ0n) is 16.7. The molecule has 3 aromatic rings. The number of anilines is 2. The molecule has 2 aliphatic heterocycles. The Kier molecular flexibility index (Phi) is 6.74. The highest BCUT2D eigenvalue weighted by Crippen LogP contribution is 2.33. The quantitative estimate of drug-likeness (QED) is 0.413. The lowest BCUT2D eigenvalue weighted by atomic mass is 10.2. The zero-order valence-corrected chi connectivity index (χ0v) is 20.0. The smallest absolute Gasteiger partial charge is 0.209 e. The van der Waals surface area contributed by atoms with E-state index in [9.17, 15) is 0 Å². The number of aromatic nitrogens is 4. The summed E-state index contributed by atoms with van der Waals surface area (Å²) in [6.45, 7) is 4.47. The number of hydrogen-bond acceptors (Lipinski definition) is 10. The minimum Gasteiger partial charge on any atom is -0.347 e. The van der Waals surface area contributed by atoms with Gasteiger partial charge in [-0.1, -0.05) is 70.5 Å². The predicted octanol–water partition coefficient (Wildman–Crippen LogP) is 5.17. The molecule has 2 aliphatic rings. The largest absolute Gasteiger partial charge is 0.347 e. The van der Waals surface area contributed by atoms with Gasteiger partial charge in [0.05, 0.1) is 0 Å². The molecular weight excluding hydrogens is 453 g/mol. The lowest BCUT2D eigenvalue weighted by molar-refractivity contribution is 0.912. The van der Waals surface area contributed by atoms with Gasteiger partial charge in [0.2, 0.25) is 10.3 Å². The highest BCUT2D eigenvalue weighted by atomic mass is 32.2. The molecule has 0 N–H and O–H groups in total. The molecule has 0 unspecified atom stereocenters. The van der Waals surface area contributed by atoms with Crippen LogP contribution in [0.1, 0.15) is 36.8 Å². The summed E-state index contributed by atoms with van der Waals surface area (Å²) >= 11 is 7.00. The van der Waals surface area contributed by atoms with Crippen LogP contribution in [0.2, 0.25) is 0 Å². The van der Waals surface area contributed by atoms with Gasteiger partial charge in [-0.2, -0.15) is 0 Å². The number of nitrogens with zero attached hydrogens (tertiary/aromatic N) is 6. The van der Waals surface area contributed by atoms with E-state index in [1.54, 1.807) is 46.2 Å². The van der Waals surface area contributed by atoms with E-state index in [-0.39, 0.29) is 0 Å². The normalized spacial score (nSPS) is 16.7. The number of benzene rings is 1. The molecule has 2 fully saturated rings. The summed E-state index contributed by atoms with van der Waals surface area (Å²) in [6.07, 6.45) is 5.07. The number of rotatable bonds is 8. The van der Waals surface area contributed by atoms with Crippen LogP contribution in [-0.2, 0) is 11.5 Å². The Morgan fingerprint density at radius 2 is 1.17 bits per heavy atom. The van der Waals surface area contributed by atoms with Crippen molar-refractivity contribution in [3.8, 4) is 0 Å². The van der Waals surface area contributed by atoms with Crippen molar-refractivity contribution < 1.29 is 0 Å². The Hall–Kier alpha value is -1.36. The lowest BCUT2D eigenvalue weighted by Crippen LogP contribution is -2.17. The van der Waals surface area contributed by atoms with E-state index < -0.39 is 0 Å². The van der Waals surface area contributed by atoms with Gasteiger partial charge in [-0.25, -0.2) is 0 Å². The van der Waals surface area contributed by atoms with E-state index in [1.807, 2.05) is 0 Å². The standard InChI is InChI=1S/C20H24N6S4/c1-2-9-25(8-1)17-21-23-19(29-17)27-13-15-6-5-7-16(12-15)14-28-20-24-22-18(30-20)26-10-3-4-11-26/h5-7,12H,1-4,8-11,13-14H2. The van der Waals surface area contributed by atoms with Crippen LogP contribution in [0.15, 0.2) is 32.9 Å². The Morgan fingerprint density at radius 1 is 0.700 bits per heavy atom. The Balaban J connectivity index is 1.14. The molecule has 5 rings (SSSR count). The highest BCUT2D eigenvalue weighted by molar-refractivity contribution is 8.00. The average molecular weight is 477 g/mol. The van der Waals surface area contributed by atoms with Gasteiger partial charge in [-0.15, -0.1) is 20.4 Å². The van der Waals surface area contributed by atoms with E-state index in [2.05, 4.69) is 54.5 Å². The summed E-state index contributed by atoms with van der Waals surface area (Å²) < 4.78 is 2.11. The highest BCUT2D eigenvalue weighted by Gasteiger charge is 2.18. The molecule has 2 saturated heterocycles. The van der Waals surface area contributed by atoms with Gasteiger partial charge in [-0.3, -0.25) is 0 Å². The van der Waals surface area contributed by atoms with Crippen molar-refractivity contribution >= 4 is 56.5 Å². The molecule has 0 saturated carbocycles. The van der Waals surface area contributed by atoms with Gasteiger partial charge in [-0.05, 0) is 36.8 Å². The molecule has 4 heterocycles. The van der Waals surface area contributed by atoms with Crippen molar-refractivity contribution in [2.75, 3.05) is 36.0 Å². The fraction of sp³-hybridized carbons (Fsp3) is 0.500. The van der Waals surface area contributed by atoms with Crippen LogP contribution in [0, 0.1) is 0 Å². The second kappa shape index (κ2) is 9.84. The van der Waals surface area contributed by atoms with Crippen LogP contribution in [0.25, 0.3) is 0 Å². The minimum absolute atomic E-state index is 0.922. The summed E-state index contributed by atoms with van der Waals surface area (Å²) in [6, 6.07) is 8.84. The third-order valence-corrected chi connectivity index (χ3v) is 9.64. The van der Waals surface area contributed by atoms with Crippen molar-refractivity contribution in [1.82, 2.24) is 20.4 Å². The first-order valence-corrected chi connectivity index (χ1v) is 13.9. The monoisotopic (exact) mass is 476 g/mol. The Labute approximate surface area is 193 Å². The Bertz CT molecular complexity index is 888. The molecular formula is C20H24N6S4. The molecule has 0 spiro atoms. The fourth-order valence-electron chi connectivity index (χ4n) is 3.69. The molecule has 6 nitrogen and oxygen atoms in total. The van der Waals surface area contributed by atoms with Crippen LogP contribution < -0.4 is 9.80 Å². The van der Waals surface area contributed by atoms with E-state index in [4.69, 9.17) is 0 Å². The SMILES string of the molecule is c1cc(CSc2nnc(N3CCCC3)s2)cc(CSc2nnc(N3CCCC3)s2)c1. The van der Waals surface area contributed by atoms with Crippen LogP contribution in [0.3, 0.4) is 0 Å². The van der Waals surface area contributed by atoms with Crippen LogP contribution in [-0.4, -0.2) is 46.6 Å².